The highest BCUT2D eigenvalue weighted by molar-refractivity contribution is 5.36. The van der Waals surface area contributed by atoms with Gasteiger partial charge in [-0.15, -0.1) is 13.2 Å². The lowest BCUT2D eigenvalue weighted by atomic mass is 10.1. The van der Waals surface area contributed by atoms with E-state index in [9.17, 15) is 17.6 Å². The fraction of sp³-hybridized carbons (Fsp3) is 0.538. The van der Waals surface area contributed by atoms with Crippen molar-refractivity contribution in [2.75, 3.05) is 19.8 Å². The van der Waals surface area contributed by atoms with Crippen LogP contribution < -0.4 is 10.1 Å². The minimum Gasteiger partial charge on any atom is -0.491 e. The average molecular weight is 295 g/mol. The number of alkyl halides is 3. The molecule has 1 aromatic carbocycles. The Balaban J connectivity index is 2.65. The largest absolute Gasteiger partial charge is 0.522 e. The summed E-state index contributed by atoms with van der Waals surface area (Å²) in [5.74, 6) is -0.298. The molecule has 0 spiro atoms. The van der Waals surface area contributed by atoms with Gasteiger partial charge in [-0.25, -0.2) is 4.39 Å². The molecule has 0 aliphatic carbocycles. The summed E-state index contributed by atoms with van der Waals surface area (Å²) in [4.78, 5) is 0. The van der Waals surface area contributed by atoms with Crippen LogP contribution in [0.15, 0.2) is 18.2 Å². The molecular weight excluding hydrogens is 278 g/mol. The van der Waals surface area contributed by atoms with Gasteiger partial charge in [0.15, 0.2) is 0 Å². The summed E-state index contributed by atoms with van der Waals surface area (Å²) < 4.78 is 57.4. The van der Waals surface area contributed by atoms with E-state index in [1.54, 1.807) is 6.07 Å². The van der Waals surface area contributed by atoms with Crippen LogP contribution in [0.1, 0.15) is 25.5 Å². The van der Waals surface area contributed by atoms with Crippen LogP contribution in [-0.4, -0.2) is 26.1 Å². The van der Waals surface area contributed by atoms with E-state index in [1.165, 1.54) is 6.07 Å². The first-order chi connectivity index (χ1) is 9.33. The molecule has 0 fully saturated rings. The molecule has 20 heavy (non-hydrogen) atoms. The number of hydrogen-bond donors (Lipinski definition) is 1. The van der Waals surface area contributed by atoms with Gasteiger partial charge >= 0.3 is 6.36 Å². The van der Waals surface area contributed by atoms with Gasteiger partial charge in [0, 0.05) is 17.7 Å². The molecule has 0 amide bonds. The first-order valence-corrected chi connectivity index (χ1v) is 6.19. The monoisotopic (exact) mass is 295 g/mol. The summed E-state index contributed by atoms with van der Waals surface area (Å²) in [6.07, 6.45) is -4.69. The highest BCUT2D eigenvalue weighted by Gasteiger charge is 2.28. The Kier molecular flexibility index (Phi) is 6.22. The van der Waals surface area contributed by atoms with E-state index >= 15 is 0 Å². The summed E-state index contributed by atoms with van der Waals surface area (Å²) in [7, 11) is 0. The Morgan fingerprint density at radius 2 is 1.95 bits per heavy atom. The molecule has 1 atom stereocenters. The van der Waals surface area contributed by atoms with Crippen LogP contribution in [0.2, 0.25) is 0 Å². The molecule has 0 bridgehead atoms. The Morgan fingerprint density at radius 1 is 1.25 bits per heavy atom. The Hall–Kier alpha value is -1.34. The zero-order valence-corrected chi connectivity index (χ0v) is 11.3. The molecule has 0 heterocycles. The lowest BCUT2D eigenvalue weighted by Gasteiger charge is -2.18. The van der Waals surface area contributed by atoms with Crippen molar-refractivity contribution in [3.63, 3.8) is 0 Å². The molecule has 0 saturated carbocycles. The van der Waals surface area contributed by atoms with Gasteiger partial charge < -0.3 is 10.1 Å². The molecule has 0 radical (unpaired) electrons. The van der Waals surface area contributed by atoms with Crippen molar-refractivity contribution in [3.8, 4) is 5.75 Å². The second-order valence-electron chi connectivity index (χ2n) is 4.10. The zero-order chi connectivity index (χ0) is 15.2. The number of ether oxygens (including phenoxy) is 2. The van der Waals surface area contributed by atoms with Crippen LogP contribution in [0.25, 0.3) is 0 Å². The highest BCUT2D eigenvalue weighted by Crippen LogP contribution is 2.26. The standard InChI is InChI=1S/C13H17F4NO2/c1-3-18-9(2)11-5-4-10(14)8-12(11)19-6-7-20-13(15,16)17/h4-5,8-9,18H,3,6-7H2,1-2H3. The fourth-order valence-electron chi connectivity index (χ4n) is 1.72. The predicted octanol–water partition coefficient (Wildman–Crippen LogP) is 3.41. The predicted molar refractivity (Wildman–Crippen MR) is 66.0 cm³/mol. The molecule has 0 aromatic heterocycles. The van der Waals surface area contributed by atoms with E-state index in [0.717, 1.165) is 6.07 Å². The maximum atomic E-state index is 13.2. The Bertz CT molecular complexity index is 423. The second kappa shape index (κ2) is 7.44. The van der Waals surface area contributed by atoms with Gasteiger partial charge in [0.05, 0.1) is 6.61 Å². The summed E-state index contributed by atoms with van der Waals surface area (Å²) in [5, 5.41) is 3.12. The highest BCUT2D eigenvalue weighted by atomic mass is 19.4. The third-order valence-electron chi connectivity index (χ3n) is 2.56. The molecule has 1 N–H and O–H groups in total. The summed E-state index contributed by atoms with van der Waals surface area (Å²) in [6.45, 7) is 3.52. The maximum absolute atomic E-state index is 13.2. The van der Waals surface area contributed by atoms with Gasteiger partial charge in [0.2, 0.25) is 0 Å². The Labute approximate surface area is 114 Å². The zero-order valence-electron chi connectivity index (χ0n) is 11.3. The minimum atomic E-state index is -4.69. The topological polar surface area (TPSA) is 30.5 Å². The van der Waals surface area contributed by atoms with Crippen molar-refractivity contribution in [3.05, 3.63) is 29.6 Å². The van der Waals surface area contributed by atoms with Crippen molar-refractivity contribution < 1.29 is 27.0 Å². The van der Waals surface area contributed by atoms with Gasteiger partial charge in [0.25, 0.3) is 0 Å². The molecule has 114 valence electrons. The van der Waals surface area contributed by atoms with Crippen molar-refractivity contribution in [1.29, 1.82) is 0 Å². The molecule has 1 aromatic rings. The Morgan fingerprint density at radius 3 is 2.55 bits per heavy atom. The van der Waals surface area contributed by atoms with E-state index in [0.29, 0.717) is 12.1 Å². The smallest absolute Gasteiger partial charge is 0.491 e. The second-order valence-corrected chi connectivity index (χ2v) is 4.10. The lowest BCUT2D eigenvalue weighted by molar-refractivity contribution is -0.325. The number of rotatable bonds is 7. The number of hydrogen-bond acceptors (Lipinski definition) is 3. The fourth-order valence-corrected chi connectivity index (χ4v) is 1.72. The van der Waals surface area contributed by atoms with Crippen molar-refractivity contribution >= 4 is 0 Å². The SMILES string of the molecule is CCNC(C)c1ccc(F)cc1OCCOC(F)(F)F. The molecule has 0 aliphatic heterocycles. The maximum Gasteiger partial charge on any atom is 0.522 e. The quantitative estimate of drug-likeness (QED) is 0.617. The number of halogens is 4. The minimum absolute atomic E-state index is 0.0980. The molecular formula is C13H17F4NO2. The number of nitrogens with one attached hydrogen (secondary N) is 1. The van der Waals surface area contributed by atoms with E-state index in [4.69, 9.17) is 4.74 Å². The van der Waals surface area contributed by atoms with Crippen molar-refractivity contribution in [2.45, 2.75) is 26.3 Å². The van der Waals surface area contributed by atoms with E-state index in [1.807, 2.05) is 13.8 Å². The van der Waals surface area contributed by atoms with E-state index in [-0.39, 0.29) is 18.4 Å². The number of benzene rings is 1. The van der Waals surface area contributed by atoms with E-state index < -0.39 is 18.8 Å². The van der Waals surface area contributed by atoms with Crippen LogP contribution in [0, 0.1) is 5.82 Å². The van der Waals surface area contributed by atoms with Gasteiger partial charge in [0.1, 0.15) is 18.2 Å². The molecule has 7 heteroatoms. The third kappa shape index (κ3) is 5.75. The first kappa shape index (κ1) is 16.7. The molecule has 3 nitrogen and oxygen atoms in total. The summed E-state index contributed by atoms with van der Waals surface area (Å²) >= 11 is 0. The van der Waals surface area contributed by atoms with E-state index in [2.05, 4.69) is 10.1 Å². The first-order valence-electron chi connectivity index (χ1n) is 6.19. The van der Waals surface area contributed by atoms with Crippen molar-refractivity contribution in [1.82, 2.24) is 5.32 Å². The molecule has 0 saturated heterocycles. The summed E-state index contributed by atoms with van der Waals surface area (Å²) in [6, 6.07) is 3.88. The van der Waals surface area contributed by atoms with Crippen LogP contribution in [0.3, 0.4) is 0 Å². The van der Waals surface area contributed by atoms with Gasteiger partial charge in [-0.05, 0) is 19.5 Å². The summed E-state index contributed by atoms with van der Waals surface area (Å²) in [5.41, 5.74) is 0.681. The van der Waals surface area contributed by atoms with Crippen LogP contribution in [-0.2, 0) is 4.74 Å². The third-order valence-corrected chi connectivity index (χ3v) is 2.56. The molecule has 1 unspecified atom stereocenters. The normalized spacial score (nSPS) is 13.3. The van der Waals surface area contributed by atoms with Crippen molar-refractivity contribution in [2.24, 2.45) is 0 Å². The molecule has 1 rings (SSSR count). The average Bonchev–Trinajstić information content (AvgIpc) is 2.34. The van der Waals surface area contributed by atoms with Gasteiger partial charge in [-0.2, -0.15) is 0 Å². The van der Waals surface area contributed by atoms with Crippen LogP contribution >= 0.6 is 0 Å². The molecule has 0 aliphatic rings. The van der Waals surface area contributed by atoms with Gasteiger partial charge in [-0.3, -0.25) is 4.74 Å². The van der Waals surface area contributed by atoms with Crippen LogP contribution in [0.5, 0.6) is 5.75 Å². The van der Waals surface area contributed by atoms with Crippen LogP contribution in [0.4, 0.5) is 17.6 Å². The van der Waals surface area contributed by atoms with Gasteiger partial charge in [-0.1, -0.05) is 13.0 Å². The lowest BCUT2D eigenvalue weighted by Crippen LogP contribution is -2.20.